The minimum absolute atomic E-state index is 0.0577. The van der Waals surface area contributed by atoms with Crippen LogP contribution in [0.1, 0.15) is 32.1 Å². The van der Waals surface area contributed by atoms with Crippen molar-refractivity contribution in [3.05, 3.63) is 0 Å². The molecule has 0 aromatic heterocycles. The fourth-order valence-corrected chi connectivity index (χ4v) is 2.60. The average Bonchev–Trinajstić information content (AvgIpc) is 2.42. The summed E-state index contributed by atoms with van der Waals surface area (Å²) in [5.41, 5.74) is 1.77. The van der Waals surface area contributed by atoms with E-state index in [2.05, 4.69) is 5.48 Å². The van der Waals surface area contributed by atoms with E-state index in [9.17, 15) is 9.90 Å². The zero-order chi connectivity index (χ0) is 10.9. The number of hydrogen-bond donors (Lipinski definition) is 2. The molecule has 0 radical (unpaired) electrons. The maximum Gasteiger partial charge on any atom is 0.225 e. The Kier molecular flexibility index (Phi) is 2.95. The smallest absolute Gasteiger partial charge is 0.225 e. The second kappa shape index (κ2) is 4.08. The van der Waals surface area contributed by atoms with E-state index in [1.807, 2.05) is 0 Å². The third-order valence-corrected chi connectivity index (χ3v) is 3.42. The number of aliphatic hydroxyl groups is 1. The van der Waals surface area contributed by atoms with Crippen molar-refractivity contribution in [2.75, 3.05) is 13.7 Å². The third-order valence-electron chi connectivity index (χ3n) is 3.42. The standard InChI is InChI=1S/C10H18N2O3/c1-15-11-8-4-2-3-7-12-9(13)5-6-10(8,12)14/h8,11,14H,2-7H2,1H3/t8-,10?/m0/s1. The summed E-state index contributed by atoms with van der Waals surface area (Å²) in [6.07, 6.45) is 3.75. The highest BCUT2D eigenvalue weighted by atomic mass is 16.6. The first-order chi connectivity index (χ1) is 7.18. The average molecular weight is 214 g/mol. The number of hydroxylamine groups is 1. The van der Waals surface area contributed by atoms with Gasteiger partial charge in [0.2, 0.25) is 5.91 Å². The number of nitrogens with zero attached hydrogens (tertiary/aromatic N) is 1. The fraction of sp³-hybridized carbons (Fsp3) is 0.900. The predicted octanol–water partition coefficient (Wildman–Crippen LogP) is 0.000900. The second-order valence-corrected chi connectivity index (χ2v) is 4.29. The molecule has 0 aromatic carbocycles. The molecule has 0 aliphatic carbocycles. The molecule has 5 nitrogen and oxygen atoms in total. The van der Waals surface area contributed by atoms with Gasteiger partial charge < -0.3 is 14.8 Å². The van der Waals surface area contributed by atoms with Gasteiger partial charge >= 0.3 is 0 Å². The molecule has 0 aromatic rings. The lowest BCUT2D eigenvalue weighted by molar-refractivity contribution is -0.158. The van der Waals surface area contributed by atoms with E-state index in [4.69, 9.17) is 4.84 Å². The molecule has 5 heteroatoms. The molecule has 2 rings (SSSR count). The highest BCUT2D eigenvalue weighted by molar-refractivity contribution is 5.79. The SMILES string of the molecule is CON[C@H]1CCCCN2C(=O)CCC12O. The van der Waals surface area contributed by atoms with E-state index in [-0.39, 0.29) is 11.9 Å². The molecule has 0 saturated carbocycles. The van der Waals surface area contributed by atoms with Gasteiger partial charge in [-0.05, 0) is 19.3 Å². The third kappa shape index (κ3) is 1.75. The van der Waals surface area contributed by atoms with E-state index < -0.39 is 5.72 Å². The van der Waals surface area contributed by atoms with Crippen molar-refractivity contribution in [3.8, 4) is 0 Å². The highest BCUT2D eigenvalue weighted by Crippen LogP contribution is 2.35. The van der Waals surface area contributed by atoms with E-state index in [0.717, 1.165) is 19.3 Å². The molecular formula is C10H18N2O3. The summed E-state index contributed by atoms with van der Waals surface area (Å²) in [6.45, 7) is 0.664. The summed E-state index contributed by atoms with van der Waals surface area (Å²) >= 11 is 0. The van der Waals surface area contributed by atoms with Gasteiger partial charge in [0, 0.05) is 19.4 Å². The van der Waals surface area contributed by atoms with Crippen molar-refractivity contribution < 1.29 is 14.7 Å². The van der Waals surface area contributed by atoms with Gasteiger partial charge in [-0.1, -0.05) is 0 Å². The largest absolute Gasteiger partial charge is 0.369 e. The van der Waals surface area contributed by atoms with Crippen LogP contribution in [0.15, 0.2) is 0 Å². The van der Waals surface area contributed by atoms with Crippen molar-refractivity contribution >= 4 is 5.91 Å². The van der Waals surface area contributed by atoms with Crippen LogP contribution in [-0.4, -0.2) is 41.3 Å². The second-order valence-electron chi connectivity index (χ2n) is 4.29. The summed E-state index contributed by atoms with van der Waals surface area (Å²) < 4.78 is 0. The molecule has 2 fully saturated rings. The van der Waals surface area contributed by atoms with Crippen molar-refractivity contribution in [1.82, 2.24) is 10.4 Å². The monoisotopic (exact) mass is 214 g/mol. The Balaban J connectivity index is 2.20. The number of carbonyl (C=O) groups is 1. The summed E-state index contributed by atoms with van der Waals surface area (Å²) in [5, 5.41) is 10.5. The van der Waals surface area contributed by atoms with Crippen LogP contribution in [0.25, 0.3) is 0 Å². The first-order valence-corrected chi connectivity index (χ1v) is 5.50. The Bertz CT molecular complexity index is 259. The Labute approximate surface area is 89.3 Å². The molecule has 86 valence electrons. The zero-order valence-corrected chi connectivity index (χ0v) is 9.03. The zero-order valence-electron chi connectivity index (χ0n) is 9.03. The molecule has 0 spiro atoms. The van der Waals surface area contributed by atoms with Crippen LogP contribution in [-0.2, 0) is 9.63 Å². The van der Waals surface area contributed by atoms with Crippen molar-refractivity contribution in [2.45, 2.75) is 43.9 Å². The molecule has 1 unspecified atom stereocenters. The highest BCUT2D eigenvalue weighted by Gasteiger charge is 2.50. The van der Waals surface area contributed by atoms with Crippen molar-refractivity contribution in [1.29, 1.82) is 0 Å². The summed E-state index contributed by atoms with van der Waals surface area (Å²) in [7, 11) is 1.54. The van der Waals surface area contributed by atoms with Gasteiger partial charge in [-0.2, -0.15) is 5.48 Å². The number of carbonyl (C=O) groups excluding carboxylic acids is 1. The molecule has 0 bridgehead atoms. The van der Waals surface area contributed by atoms with Gasteiger partial charge in [-0.25, -0.2) is 0 Å². The quantitative estimate of drug-likeness (QED) is 0.635. The number of rotatable bonds is 2. The fourth-order valence-electron chi connectivity index (χ4n) is 2.60. The lowest BCUT2D eigenvalue weighted by Gasteiger charge is -2.37. The number of nitrogens with one attached hydrogen (secondary N) is 1. The van der Waals surface area contributed by atoms with Crippen LogP contribution in [0, 0.1) is 0 Å². The van der Waals surface area contributed by atoms with E-state index in [0.29, 0.717) is 19.4 Å². The van der Waals surface area contributed by atoms with E-state index >= 15 is 0 Å². The van der Waals surface area contributed by atoms with Crippen LogP contribution in [0.5, 0.6) is 0 Å². The molecule has 2 aliphatic rings. The first-order valence-electron chi connectivity index (χ1n) is 5.50. The lowest BCUT2D eigenvalue weighted by atomic mass is 9.98. The van der Waals surface area contributed by atoms with Crippen molar-refractivity contribution in [3.63, 3.8) is 0 Å². The molecule has 2 heterocycles. The number of hydrogen-bond acceptors (Lipinski definition) is 4. The van der Waals surface area contributed by atoms with Crippen LogP contribution >= 0.6 is 0 Å². The Morgan fingerprint density at radius 3 is 3.13 bits per heavy atom. The van der Waals surface area contributed by atoms with Crippen LogP contribution in [0.2, 0.25) is 0 Å². The van der Waals surface area contributed by atoms with Gasteiger partial charge in [0.05, 0.1) is 13.2 Å². The lowest BCUT2D eigenvalue weighted by Crippen LogP contribution is -2.58. The van der Waals surface area contributed by atoms with Crippen molar-refractivity contribution in [2.24, 2.45) is 0 Å². The van der Waals surface area contributed by atoms with Gasteiger partial charge in [0.25, 0.3) is 0 Å². The minimum Gasteiger partial charge on any atom is -0.369 e. The topological polar surface area (TPSA) is 61.8 Å². The summed E-state index contributed by atoms with van der Waals surface area (Å²) in [5.74, 6) is 0.0577. The maximum absolute atomic E-state index is 11.6. The molecule has 2 N–H and O–H groups in total. The normalized spacial score (nSPS) is 36.5. The molecule has 1 amide bonds. The Hall–Kier alpha value is -0.650. The van der Waals surface area contributed by atoms with Crippen LogP contribution in [0.4, 0.5) is 0 Å². The Morgan fingerprint density at radius 2 is 2.40 bits per heavy atom. The van der Waals surface area contributed by atoms with Crippen LogP contribution < -0.4 is 5.48 Å². The minimum atomic E-state index is -1.04. The first kappa shape index (κ1) is 10.9. The summed E-state index contributed by atoms with van der Waals surface area (Å²) in [6, 6.07) is -0.170. The Morgan fingerprint density at radius 1 is 1.60 bits per heavy atom. The van der Waals surface area contributed by atoms with Gasteiger partial charge in [-0.3, -0.25) is 4.79 Å². The summed E-state index contributed by atoms with van der Waals surface area (Å²) in [4.78, 5) is 18.1. The number of amides is 1. The molecule has 2 saturated heterocycles. The van der Waals surface area contributed by atoms with Crippen LogP contribution in [0.3, 0.4) is 0 Å². The molecule has 2 aliphatic heterocycles. The van der Waals surface area contributed by atoms with E-state index in [1.54, 1.807) is 4.90 Å². The van der Waals surface area contributed by atoms with Gasteiger partial charge in [0.1, 0.15) is 0 Å². The molecule has 2 atom stereocenters. The van der Waals surface area contributed by atoms with Gasteiger partial charge in [-0.15, -0.1) is 0 Å². The molecular weight excluding hydrogens is 196 g/mol. The predicted molar refractivity (Wildman–Crippen MR) is 53.7 cm³/mol. The van der Waals surface area contributed by atoms with Gasteiger partial charge in [0.15, 0.2) is 5.72 Å². The number of fused-ring (bicyclic) bond motifs is 1. The molecule has 15 heavy (non-hydrogen) atoms. The maximum atomic E-state index is 11.6. The van der Waals surface area contributed by atoms with E-state index in [1.165, 1.54) is 7.11 Å².